The van der Waals surface area contributed by atoms with Crippen LogP contribution >= 0.6 is 11.6 Å². The second-order valence-corrected chi connectivity index (χ2v) is 11.0. The number of carbonyl (C=O) groups is 2. The highest BCUT2D eigenvalue weighted by molar-refractivity contribution is 7.92. The number of hydrogen-bond acceptors (Lipinski definition) is 5. The van der Waals surface area contributed by atoms with Crippen molar-refractivity contribution in [2.75, 3.05) is 24.5 Å². The van der Waals surface area contributed by atoms with Gasteiger partial charge in [0, 0.05) is 18.6 Å². The molecule has 1 N–H and O–H groups in total. The van der Waals surface area contributed by atoms with Crippen molar-refractivity contribution in [2.45, 2.75) is 38.3 Å². The van der Waals surface area contributed by atoms with Gasteiger partial charge in [0.2, 0.25) is 11.8 Å². The second kappa shape index (κ2) is 12.8. The van der Waals surface area contributed by atoms with Crippen LogP contribution in [0.25, 0.3) is 0 Å². The number of halogens is 1. The summed E-state index contributed by atoms with van der Waals surface area (Å²) in [5.74, 6) is -0.355. The molecule has 38 heavy (non-hydrogen) atoms. The zero-order valence-corrected chi connectivity index (χ0v) is 23.4. The number of anilines is 1. The Balaban J connectivity index is 2.03. The van der Waals surface area contributed by atoms with Crippen molar-refractivity contribution in [3.8, 4) is 5.75 Å². The lowest BCUT2D eigenvalue weighted by molar-refractivity contribution is -0.139. The molecule has 0 aliphatic carbocycles. The summed E-state index contributed by atoms with van der Waals surface area (Å²) in [5, 5.41) is 3.04. The van der Waals surface area contributed by atoms with Gasteiger partial charge in [0.15, 0.2) is 0 Å². The Morgan fingerprint density at radius 1 is 1.03 bits per heavy atom. The lowest BCUT2D eigenvalue weighted by Crippen LogP contribution is -2.50. The highest BCUT2D eigenvalue weighted by Gasteiger charge is 2.32. The van der Waals surface area contributed by atoms with Gasteiger partial charge in [0.25, 0.3) is 10.0 Å². The fourth-order valence-corrected chi connectivity index (χ4v) is 5.49. The number of nitrogens with zero attached hydrogens (tertiary/aromatic N) is 2. The first kappa shape index (κ1) is 29.0. The van der Waals surface area contributed by atoms with E-state index in [1.165, 1.54) is 24.1 Å². The van der Waals surface area contributed by atoms with Crippen molar-refractivity contribution in [1.29, 1.82) is 0 Å². The van der Waals surface area contributed by atoms with E-state index >= 15 is 0 Å². The predicted molar refractivity (Wildman–Crippen MR) is 149 cm³/mol. The third-order valence-corrected chi connectivity index (χ3v) is 8.00. The molecule has 0 heterocycles. The monoisotopic (exact) mass is 557 g/mol. The van der Waals surface area contributed by atoms with Crippen LogP contribution in [0.1, 0.15) is 25.0 Å². The summed E-state index contributed by atoms with van der Waals surface area (Å²) in [6.07, 6.45) is 0. The molecule has 0 saturated heterocycles. The van der Waals surface area contributed by atoms with Crippen LogP contribution in [0.4, 0.5) is 5.69 Å². The molecule has 202 valence electrons. The molecule has 0 radical (unpaired) electrons. The smallest absolute Gasteiger partial charge is 0.264 e. The first-order chi connectivity index (χ1) is 18.1. The van der Waals surface area contributed by atoms with Crippen LogP contribution in [0.2, 0.25) is 5.02 Å². The molecule has 0 aliphatic heterocycles. The molecule has 0 spiro atoms. The van der Waals surface area contributed by atoms with Gasteiger partial charge in [0.1, 0.15) is 18.3 Å². The fraction of sp³-hybridized carbons (Fsp3) is 0.286. The normalized spacial score (nSPS) is 11.9. The van der Waals surface area contributed by atoms with Gasteiger partial charge in [0.05, 0.1) is 17.2 Å². The number of likely N-dealkylation sites (N-methyl/N-ethyl adjacent to an activating group) is 1. The van der Waals surface area contributed by atoms with E-state index in [-0.39, 0.29) is 23.0 Å². The summed E-state index contributed by atoms with van der Waals surface area (Å²) in [5.41, 5.74) is 1.90. The lowest BCUT2D eigenvalue weighted by Gasteiger charge is -2.31. The summed E-state index contributed by atoms with van der Waals surface area (Å²) >= 11 is 6.14. The zero-order valence-electron chi connectivity index (χ0n) is 21.8. The third-order valence-electron chi connectivity index (χ3n) is 5.98. The van der Waals surface area contributed by atoms with Crippen LogP contribution in [-0.2, 0) is 26.2 Å². The molecule has 1 atom stereocenters. The molecule has 0 aromatic heterocycles. The molecule has 0 unspecified atom stereocenters. The largest absolute Gasteiger partial charge is 0.494 e. The minimum Gasteiger partial charge on any atom is -0.494 e. The maximum atomic E-state index is 13.8. The second-order valence-electron chi connectivity index (χ2n) is 8.69. The summed E-state index contributed by atoms with van der Waals surface area (Å²) in [6.45, 7) is 5.30. The van der Waals surface area contributed by atoms with Crippen LogP contribution < -0.4 is 14.4 Å². The molecular formula is C28H32ClN3O5S. The molecule has 3 aromatic rings. The highest BCUT2D eigenvalue weighted by Crippen LogP contribution is 2.27. The van der Waals surface area contributed by atoms with Gasteiger partial charge in [-0.25, -0.2) is 8.42 Å². The maximum absolute atomic E-state index is 13.8. The quantitative estimate of drug-likeness (QED) is 0.377. The van der Waals surface area contributed by atoms with Crippen LogP contribution in [0.3, 0.4) is 0 Å². The van der Waals surface area contributed by atoms with Gasteiger partial charge in [-0.2, -0.15) is 0 Å². The van der Waals surface area contributed by atoms with Gasteiger partial charge in [-0.1, -0.05) is 41.4 Å². The van der Waals surface area contributed by atoms with Gasteiger partial charge in [-0.3, -0.25) is 13.9 Å². The topological polar surface area (TPSA) is 96.0 Å². The maximum Gasteiger partial charge on any atom is 0.264 e. The number of rotatable bonds is 11. The molecule has 3 aromatic carbocycles. The summed E-state index contributed by atoms with van der Waals surface area (Å²) < 4.78 is 34.1. The molecule has 3 rings (SSSR count). The minimum atomic E-state index is -4.13. The van der Waals surface area contributed by atoms with E-state index in [2.05, 4.69) is 5.32 Å². The molecular weight excluding hydrogens is 526 g/mol. The van der Waals surface area contributed by atoms with E-state index < -0.39 is 28.5 Å². The van der Waals surface area contributed by atoms with E-state index in [0.29, 0.717) is 22.9 Å². The Hall–Kier alpha value is -3.56. The van der Waals surface area contributed by atoms with Crippen molar-refractivity contribution in [3.63, 3.8) is 0 Å². The fourth-order valence-electron chi connectivity index (χ4n) is 3.87. The third kappa shape index (κ3) is 7.05. The Labute approximate surface area is 229 Å². The number of nitrogens with one attached hydrogen (secondary N) is 1. The first-order valence-electron chi connectivity index (χ1n) is 12.1. The Kier molecular flexibility index (Phi) is 9.77. The van der Waals surface area contributed by atoms with Gasteiger partial charge in [-0.15, -0.1) is 0 Å². The molecule has 0 bridgehead atoms. The number of ether oxygens (including phenoxy) is 1. The van der Waals surface area contributed by atoms with E-state index in [1.807, 2.05) is 13.8 Å². The lowest BCUT2D eigenvalue weighted by atomic mass is 10.1. The van der Waals surface area contributed by atoms with E-state index in [4.69, 9.17) is 16.3 Å². The molecule has 8 nitrogen and oxygen atoms in total. The summed E-state index contributed by atoms with van der Waals surface area (Å²) in [6, 6.07) is 19.0. The Morgan fingerprint density at radius 2 is 1.68 bits per heavy atom. The molecule has 10 heteroatoms. The Morgan fingerprint density at radius 3 is 2.26 bits per heavy atom. The molecule has 2 amide bonds. The standard InChI is InChI=1S/C28H32ClN3O5S/c1-5-37-25-13-11-24(12-14-25)32(38(35,36)26-15-9-20(2)10-16-26)19-27(33)31(21(3)28(34)30-4)18-22-7-6-8-23(29)17-22/h6-17,21H,5,18-19H2,1-4H3,(H,30,34)/t21-/m1/s1. The van der Waals surface area contributed by atoms with Crippen molar-refractivity contribution in [1.82, 2.24) is 10.2 Å². The van der Waals surface area contributed by atoms with Crippen molar-refractivity contribution in [2.24, 2.45) is 0 Å². The van der Waals surface area contributed by atoms with Crippen LogP contribution in [-0.4, -0.2) is 51.4 Å². The highest BCUT2D eigenvalue weighted by atomic mass is 35.5. The van der Waals surface area contributed by atoms with Gasteiger partial charge in [-0.05, 0) is 74.9 Å². The predicted octanol–water partition coefficient (Wildman–Crippen LogP) is 4.41. The molecule has 0 saturated carbocycles. The van der Waals surface area contributed by atoms with Crippen LogP contribution in [0, 0.1) is 6.92 Å². The Bertz CT molecular complexity index is 1360. The number of aryl methyl sites for hydroxylation is 1. The average molecular weight is 558 g/mol. The van der Waals surface area contributed by atoms with Crippen LogP contribution in [0.5, 0.6) is 5.75 Å². The number of sulfonamides is 1. The molecule has 0 fully saturated rings. The van der Waals surface area contributed by atoms with Crippen LogP contribution in [0.15, 0.2) is 77.7 Å². The van der Waals surface area contributed by atoms with Crippen molar-refractivity contribution in [3.05, 3.63) is 88.9 Å². The summed E-state index contributed by atoms with van der Waals surface area (Å²) in [7, 11) is -2.65. The number of carbonyl (C=O) groups excluding carboxylic acids is 2. The van der Waals surface area contributed by atoms with Gasteiger partial charge < -0.3 is 15.0 Å². The van der Waals surface area contributed by atoms with E-state index in [0.717, 1.165) is 9.87 Å². The van der Waals surface area contributed by atoms with Crippen molar-refractivity contribution >= 4 is 39.1 Å². The number of benzene rings is 3. The van der Waals surface area contributed by atoms with Crippen molar-refractivity contribution < 1.29 is 22.7 Å². The minimum absolute atomic E-state index is 0.0468. The van der Waals surface area contributed by atoms with E-state index in [9.17, 15) is 18.0 Å². The van der Waals surface area contributed by atoms with E-state index in [1.54, 1.807) is 67.6 Å². The summed E-state index contributed by atoms with van der Waals surface area (Å²) in [4.78, 5) is 27.7. The first-order valence-corrected chi connectivity index (χ1v) is 14.0. The number of hydrogen-bond donors (Lipinski definition) is 1. The zero-order chi connectivity index (χ0) is 27.9. The number of amides is 2. The average Bonchev–Trinajstić information content (AvgIpc) is 2.90. The SMILES string of the molecule is CCOc1ccc(N(CC(=O)N(Cc2cccc(Cl)c2)[C@H](C)C(=O)NC)S(=O)(=O)c2ccc(C)cc2)cc1. The molecule has 0 aliphatic rings. The van der Waals surface area contributed by atoms with Gasteiger partial charge >= 0.3 is 0 Å².